The minimum Gasteiger partial charge on any atom is -0.452 e. The number of halogens is 1. The fourth-order valence-corrected chi connectivity index (χ4v) is 2.40. The van der Waals surface area contributed by atoms with Crippen molar-refractivity contribution in [3.63, 3.8) is 0 Å². The molecule has 0 spiro atoms. The number of aryl methyl sites for hydroxylation is 2. The molecule has 1 atom stereocenters. The monoisotopic (exact) mass is 398 g/mol. The second-order valence-electron chi connectivity index (χ2n) is 6.14. The summed E-state index contributed by atoms with van der Waals surface area (Å²) < 4.78 is 6.51. The van der Waals surface area contributed by atoms with Crippen LogP contribution in [0.4, 0.5) is 4.79 Å². The highest BCUT2D eigenvalue weighted by molar-refractivity contribution is 6.31. The molecule has 9 heteroatoms. The Labute approximate surface area is 164 Å². The van der Waals surface area contributed by atoms with E-state index >= 15 is 0 Å². The first-order valence-corrected chi connectivity index (χ1v) is 9.34. The van der Waals surface area contributed by atoms with Crippen LogP contribution in [-0.4, -0.2) is 40.3 Å². The van der Waals surface area contributed by atoms with Gasteiger partial charge in [-0.1, -0.05) is 31.9 Å². The summed E-state index contributed by atoms with van der Waals surface area (Å²) in [6.45, 7) is 7.73. The van der Waals surface area contributed by atoms with E-state index in [0.717, 1.165) is 19.3 Å². The van der Waals surface area contributed by atoms with Crippen LogP contribution >= 0.6 is 11.6 Å². The molecule has 0 aliphatic heterocycles. The number of esters is 1. The highest BCUT2D eigenvalue weighted by Gasteiger charge is 2.13. The first-order chi connectivity index (χ1) is 12.8. The van der Waals surface area contributed by atoms with Gasteiger partial charge in [0, 0.05) is 24.2 Å². The Morgan fingerprint density at radius 3 is 2.67 bits per heavy atom. The van der Waals surface area contributed by atoms with Crippen LogP contribution in [0.25, 0.3) is 6.08 Å². The number of aromatic nitrogens is 2. The van der Waals surface area contributed by atoms with Crippen LogP contribution in [0.2, 0.25) is 5.15 Å². The number of carbonyl (C=O) groups excluding carboxylic acids is 3. The van der Waals surface area contributed by atoms with Crippen molar-refractivity contribution >= 4 is 35.6 Å². The predicted octanol–water partition coefficient (Wildman–Crippen LogP) is 2.83. The minimum absolute atomic E-state index is 0.0606. The Balaban J connectivity index is 2.51. The van der Waals surface area contributed by atoms with Gasteiger partial charge in [-0.15, -0.1) is 0 Å². The van der Waals surface area contributed by atoms with Gasteiger partial charge in [0.2, 0.25) is 0 Å². The summed E-state index contributed by atoms with van der Waals surface area (Å²) in [6, 6.07) is -0.683. The highest BCUT2D eigenvalue weighted by atomic mass is 35.5. The first-order valence-electron chi connectivity index (χ1n) is 8.96. The van der Waals surface area contributed by atoms with Crippen LogP contribution in [0, 0.1) is 6.92 Å². The molecule has 1 aromatic rings. The highest BCUT2D eigenvalue weighted by Crippen LogP contribution is 2.21. The van der Waals surface area contributed by atoms with Gasteiger partial charge in [-0.2, -0.15) is 5.10 Å². The predicted molar refractivity (Wildman–Crippen MR) is 103 cm³/mol. The maximum absolute atomic E-state index is 11.8. The average Bonchev–Trinajstić information content (AvgIpc) is 2.89. The molecule has 1 rings (SSSR count). The quantitative estimate of drug-likeness (QED) is 0.492. The topological polar surface area (TPSA) is 102 Å². The van der Waals surface area contributed by atoms with E-state index in [0.29, 0.717) is 23.0 Å². The number of unbranched alkanes of at least 4 members (excludes halogenated alkanes) is 1. The molecule has 0 aliphatic rings. The number of carbonyl (C=O) groups is 3. The van der Waals surface area contributed by atoms with E-state index < -0.39 is 24.5 Å². The Kier molecular flexibility index (Phi) is 9.56. The van der Waals surface area contributed by atoms with E-state index in [1.165, 1.54) is 12.2 Å². The van der Waals surface area contributed by atoms with Gasteiger partial charge in [-0.3, -0.25) is 14.8 Å². The van der Waals surface area contributed by atoms with Gasteiger partial charge >= 0.3 is 12.0 Å². The molecule has 0 unspecified atom stereocenters. The molecule has 2 N–H and O–H groups in total. The standard InChI is InChI=1S/C18H27ClN4O4/c1-5-7-10-23-17(19)14(13(4)22-23)8-9-16(25)27-11-15(24)21-18(26)20-12(3)6-2/h8-9,12H,5-7,10-11H2,1-4H3,(H2,20,21,24,26)/b9-8+/t12-/m0/s1. The molecule has 150 valence electrons. The molecule has 0 aromatic carbocycles. The summed E-state index contributed by atoms with van der Waals surface area (Å²) >= 11 is 6.28. The Hall–Kier alpha value is -2.35. The number of imide groups is 1. The van der Waals surface area contributed by atoms with E-state index in [2.05, 4.69) is 22.7 Å². The van der Waals surface area contributed by atoms with Gasteiger partial charge in [0.15, 0.2) is 6.61 Å². The van der Waals surface area contributed by atoms with Crippen LogP contribution in [0.1, 0.15) is 51.3 Å². The van der Waals surface area contributed by atoms with Gasteiger partial charge in [-0.25, -0.2) is 9.59 Å². The first kappa shape index (κ1) is 22.7. The molecule has 3 amide bonds. The summed E-state index contributed by atoms with van der Waals surface area (Å²) in [7, 11) is 0. The molecular formula is C18H27ClN4O4. The van der Waals surface area contributed by atoms with Gasteiger partial charge in [0.25, 0.3) is 5.91 Å². The van der Waals surface area contributed by atoms with E-state index in [1.54, 1.807) is 11.6 Å². The second-order valence-corrected chi connectivity index (χ2v) is 6.50. The Morgan fingerprint density at radius 2 is 2.04 bits per heavy atom. The molecule has 1 aromatic heterocycles. The normalized spacial score (nSPS) is 12.0. The van der Waals surface area contributed by atoms with Crippen molar-refractivity contribution in [2.45, 2.75) is 59.5 Å². The van der Waals surface area contributed by atoms with Crippen molar-refractivity contribution in [2.24, 2.45) is 0 Å². The zero-order valence-corrected chi connectivity index (χ0v) is 16.9. The molecule has 0 bridgehead atoms. The Bertz CT molecular complexity index is 700. The van der Waals surface area contributed by atoms with Gasteiger partial charge in [-0.05, 0) is 32.8 Å². The smallest absolute Gasteiger partial charge is 0.331 e. The lowest BCUT2D eigenvalue weighted by Crippen LogP contribution is -2.44. The molecule has 0 saturated heterocycles. The van der Waals surface area contributed by atoms with Crippen LogP contribution in [-0.2, 0) is 20.9 Å². The summed E-state index contributed by atoms with van der Waals surface area (Å²) in [5, 5.41) is 9.45. The molecule has 0 aliphatic carbocycles. The van der Waals surface area contributed by atoms with Crippen molar-refractivity contribution in [2.75, 3.05) is 6.61 Å². The number of urea groups is 1. The van der Waals surface area contributed by atoms with Gasteiger partial charge in [0.05, 0.1) is 5.69 Å². The molecule has 0 saturated carbocycles. The molecule has 0 radical (unpaired) electrons. The fraction of sp³-hybridized carbons (Fsp3) is 0.556. The van der Waals surface area contributed by atoms with Crippen molar-refractivity contribution < 1.29 is 19.1 Å². The second kappa shape index (κ2) is 11.4. The van der Waals surface area contributed by atoms with E-state index in [4.69, 9.17) is 16.3 Å². The summed E-state index contributed by atoms with van der Waals surface area (Å²) in [6.07, 6.45) is 5.38. The molecule has 8 nitrogen and oxygen atoms in total. The summed E-state index contributed by atoms with van der Waals surface area (Å²) in [5.41, 5.74) is 1.32. The van der Waals surface area contributed by atoms with Crippen LogP contribution in [0.5, 0.6) is 0 Å². The molecule has 27 heavy (non-hydrogen) atoms. The lowest BCUT2D eigenvalue weighted by atomic mass is 10.2. The third kappa shape index (κ3) is 7.82. The lowest BCUT2D eigenvalue weighted by molar-refractivity contribution is -0.143. The van der Waals surface area contributed by atoms with E-state index in [1.807, 2.05) is 13.8 Å². The number of hydrogen-bond donors (Lipinski definition) is 2. The third-order valence-electron chi connectivity index (χ3n) is 3.81. The van der Waals surface area contributed by atoms with E-state index in [-0.39, 0.29) is 6.04 Å². The van der Waals surface area contributed by atoms with Crippen LogP contribution < -0.4 is 10.6 Å². The average molecular weight is 399 g/mol. The SMILES string of the molecule is CCCCn1nc(C)c(/C=C/C(=O)OCC(=O)NC(=O)N[C@@H](C)CC)c1Cl. The van der Waals surface area contributed by atoms with E-state index in [9.17, 15) is 14.4 Å². The van der Waals surface area contributed by atoms with Crippen LogP contribution in [0.15, 0.2) is 6.08 Å². The maximum atomic E-state index is 11.8. The van der Waals surface area contributed by atoms with Crippen molar-refractivity contribution in [3.8, 4) is 0 Å². The maximum Gasteiger partial charge on any atom is 0.331 e. The van der Waals surface area contributed by atoms with Gasteiger partial charge < -0.3 is 10.1 Å². The molecular weight excluding hydrogens is 372 g/mol. The number of nitrogens with one attached hydrogen (secondary N) is 2. The largest absolute Gasteiger partial charge is 0.452 e. The van der Waals surface area contributed by atoms with Gasteiger partial charge in [0.1, 0.15) is 5.15 Å². The fourth-order valence-electron chi connectivity index (χ4n) is 2.07. The van der Waals surface area contributed by atoms with Crippen molar-refractivity contribution in [1.82, 2.24) is 20.4 Å². The molecule has 0 fully saturated rings. The number of ether oxygens (including phenoxy) is 1. The van der Waals surface area contributed by atoms with Crippen molar-refractivity contribution in [3.05, 3.63) is 22.5 Å². The zero-order valence-electron chi connectivity index (χ0n) is 16.2. The number of nitrogens with zero attached hydrogens (tertiary/aromatic N) is 2. The Morgan fingerprint density at radius 1 is 1.33 bits per heavy atom. The summed E-state index contributed by atoms with van der Waals surface area (Å²) in [4.78, 5) is 34.9. The molecule has 1 heterocycles. The number of hydrogen-bond acceptors (Lipinski definition) is 5. The lowest BCUT2D eigenvalue weighted by Gasteiger charge is -2.11. The van der Waals surface area contributed by atoms with Crippen molar-refractivity contribution in [1.29, 1.82) is 0 Å². The zero-order chi connectivity index (χ0) is 20.4. The minimum atomic E-state index is -0.718. The third-order valence-corrected chi connectivity index (χ3v) is 4.21. The summed E-state index contributed by atoms with van der Waals surface area (Å²) in [5.74, 6) is -1.43. The number of amides is 3. The van der Waals surface area contributed by atoms with Crippen LogP contribution in [0.3, 0.4) is 0 Å². The number of rotatable bonds is 9.